The van der Waals surface area contributed by atoms with E-state index in [4.69, 9.17) is 4.74 Å². The van der Waals surface area contributed by atoms with Crippen molar-refractivity contribution in [2.24, 2.45) is 0 Å². The predicted molar refractivity (Wildman–Crippen MR) is 91.6 cm³/mol. The van der Waals surface area contributed by atoms with E-state index in [-0.39, 0.29) is 11.2 Å². The van der Waals surface area contributed by atoms with E-state index in [1.165, 1.54) is 11.8 Å². The fraction of sp³-hybridized carbons (Fsp3) is 0.438. The van der Waals surface area contributed by atoms with Crippen LogP contribution >= 0.6 is 11.8 Å². The van der Waals surface area contributed by atoms with Crippen LogP contribution < -0.4 is 5.32 Å². The number of amides is 1. The number of hydrogen-bond donors (Lipinski definition) is 1. The number of rotatable bonds is 8. The van der Waals surface area contributed by atoms with E-state index >= 15 is 0 Å². The van der Waals surface area contributed by atoms with E-state index in [9.17, 15) is 4.79 Å². The number of hydrogen-bond acceptors (Lipinski definition) is 5. The van der Waals surface area contributed by atoms with Crippen molar-refractivity contribution in [2.45, 2.75) is 37.2 Å². The molecule has 2 aromatic rings. The average Bonchev–Trinajstić information content (AvgIpc) is 2.97. The SMILES string of the molecule is COCCCn1cnnc1SC(C)C(=O)Nc1ccccc1C. The Hall–Kier alpha value is -1.86. The van der Waals surface area contributed by atoms with Crippen LogP contribution in [0.5, 0.6) is 0 Å². The summed E-state index contributed by atoms with van der Waals surface area (Å²) in [5.74, 6) is -0.0456. The molecule has 0 spiro atoms. The van der Waals surface area contributed by atoms with Crippen molar-refractivity contribution in [3.8, 4) is 0 Å². The molecule has 0 saturated heterocycles. The Morgan fingerprint density at radius 1 is 1.43 bits per heavy atom. The average molecular weight is 334 g/mol. The van der Waals surface area contributed by atoms with Gasteiger partial charge in [0.1, 0.15) is 6.33 Å². The number of nitrogens with one attached hydrogen (secondary N) is 1. The second-order valence-electron chi connectivity index (χ2n) is 5.22. The molecule has 1 atom stereocenters. The van der Waals surface area contributed by atoms with Crippen LogP contribution in [0.1, 0.15) is 18.9 Å². The Kier molecular flexibility index (Phi) is 6.61. The minimum atomic E-state index is -0.264. The number of anilines is 1. The molecule has 1 N–H and O–H groups in total. The highest BCUT2D eigenvalue weighted by Gasteiger charge is 2.18. The van der Waals surface area contributed by atoms with E-state index < -0.39 is 0 Å². The van der Waals surface area contributed by atoms with Crippen molar-refractivity contribution >= 4 is 23.4 Å². The lowest BCUT2D eigenvalue weighted by molar-refractivity contribution is -0.115. The van der Waals surface area contributed by atoms with Crippen LogP contribution in [0.3, 0.4) is 0 Å². The Morgan fingerprint density at radius 2 is 2.22 bits per heavy atom. The lowest BCUT2D eigenvalue weighted by Crippen LogP contribution is -2.23. The van der Waals surface area contributed by atoms with Gasteiger partial charge >= 0.3 is 0 Å². The lowest BCUT2D eigenvalue weighted by atomic mass is 10.2. The number of aromatic nitrogens is 3. The molecule has 1 aromatic carbocycles. The molecule has 23 heavy (non-hydrogen) atoms. The van der Waals surface area contributed by atoms with Crippen LogP contribution in [0.25, 0.3) is 0 Å². The maximum absolute atomic E-state index is 12.4. The van der Waals surface area contributed by atoms with Gasteiger partial charge < -0.3 is 14.6 Å². The fourth-order valence-corrected chi connectivity index (χ4v) is 2.88. The highest BCUT2D eigenvalue weighted by Crippen LogP contribution is 2.23. The van der Waals surface area contributed by atoms with Crippen LogP contribution in [0.15, 0.2) is 35.7 Å². The van der Waals surface area contributed by atoms with E-state index in [1.807, 2.05) is 42.7 Å². The maximum atomic E-state index is 12.4. The number of methoxy groups -OCH3 is 1. The first kappa shape index (κ1) is 17.5. The van der Waals surface area contributed by atoms with Gasteiger partial charge in [0.05, 0.1) is 5.25 Å². The van der Waals surface area contributed by atoms with Crippen LogP contribution in [-0.4, -0.2) is 39.6 Å². The molecule has 1 amide bonds. The smallest absolute Gasteiger partial charge is 0.237 e. The summed E-state index contributed by atoms with van der Waals surface area (Å²) < 4.78 is 7.00. The normalized spacial score (nSPS) is 12.1. The molecule has 7 heteroatoms. The molecule has 1 heterocycles. The van der Waals surface area contributed by atoms with Crippen LogP contribution in [0.2, 0.25) is 0 Å². The minimum Gasteiger partial charge on any atom is -0.385 e. The monoisotopic (exact) mass is 334 g/mol. The predicted octanol–water partition coefficient (Wildman–Crippen LogP) is 2.74. The summed E-state index contributed by atoms with van der Waals surface area (Å²) in [5.41, 5.74) is 1.88. The number of carbonyl (C=O) groups excluding carboxylic acids is 1. The Morgan fingerprint density at radius 3 is 2.96 bits per heavy atom. The molecule has 0 fully saturated rings. The van der Waals surface area contributed by atoms with E-state index in [0.29, 0.717) is 6.61 Å². The maximum Gasteiger partial charge on any atom is 0.237 e. The topological polar surface area (TPSA) is 69.0 Å². The van der Waals surface area contributed by atoms with Crippen molar-refractivity contribution < 1.29 is 9.53 Å². The molecular formula is C16H22N4O2S. The van der Waals surface area contributed by atoms with Gasteiger partial charge in [-0.15, -0.1) is 10.2 Å². The summed E-state index contributed by atoms with van der Waals surface area (Å²) in [7, 11) is 1.68. The molecule has 2 rings (SSSR count). The number of benzene rings is 1. The van der Waals surface area contributed by atoms with Gasteiger partial charge in [-0.1, -0.05) is 30.0 Å². The molecule has 0 saturated carbocycles. The standard InChI is InChI=1S/C16H22N4O2S/c1-12-7-4-5-8-14(12)18-15(21)13(2)23-16-19-17-11-20(16)9-6-10-22-3/h4-5,7-8,11,13H,6,9-10H2,1-3H3,(H,18,21). The van der Waals surface area contributed by atoms with Gasteiger partial charge in [-0.3, -0.25) is 4.79 Å². The third-order valence-electron chi connectivity index (χ3n) is 3.38. The fourth-order valence-electron chi connectivity index (χ4n) is 2.03. The van der Waals surface area contributed by atoms with Crippen LogP contribution in [-0.2, 0) is 16.1 Å². The van der Waals surface area contributed by atoms with Crippen LogP contribution in [0.4, 0.5) is 5.69 Å². The zero-order valence-electron chi connectivity index (χ0n) is 13.7. The summed E-state index contributed by atoms with van der Waals surface area (Å²) >= 11 is 1.40. The number of ether oxygens (including phenoxy) is 1. The summed E-state index contributed by atoms with van der Waals surface area (Å²) in [6.07, 6.45) is 2.57. The van der Waals surface area contributed by atoms with Gasteiger partial charge in [0.15, 0.2) is 5.16 Å². The highest BCUT2D eigenvalue weighted by molar-refractivity contribution is 8.00. The summed E-state index contributed by atoms with van der Waals surface area (Å²) in [6, 6.07) is 7.73. The van der Waals surface area contributed by atoms with Crippen molar-refractivity contribution in [3.05, 3.63) is 36.2 Å². The number of aryl methyl sites for hydroxylation is 2. The largest absolute Gasteiger partial charge is 0.385 e. The molecule has 0 aliphatic heterocycles. The van der Waals surface area contributed by atoms with Crippen molar-refractivity contribution in [1.82, 2.24) is 14.8 Å². The third kappa shape index (κ3) is 5.07. The molecule has 0 radical (unpaired) electrons. The molecular weight excluding hydrogens is 312 g/mol. The first-order valence-electron chi connectivity index (χ1n) is 7.51. The van der Waals surface area contributed by atoms with Crippen molar-refractivity contribution in [3.63, 3.8) is 0 Å². The minimum absolute atomic E-state index is 0.0456. The molecule has 124 valence electrons. The molecule has 1 unspecified atom stereocenters. The number of nitrogens with zero attached hydrogens (tertiary/aromatic N) is 3. The van der Waals surface area contributed by atoms with E-state index in [1.54, 1.807) is 13.4 Å². The molecule has 0 aliphatic rings. The molecule has 6 nitrogen and oxygen atoms in total. The Bertz CT molecular complexity index is 645. The quantitative estimate of drug-likeness (QED) is 0.594. The molecule has 0 aliphatic carbocycles. The third-order valence-corrected chi connectivity index (χ3v) is 4.48. The molecule has 0 bridgehead atoms. The van der Waals surface area contributed by atoms with Crippen molar-refractivity contribution in [1.29, 1.82) is 0 Å². The van der Waals surface area contributed by atoms with Gasteiger partial charge in [0.25, 0.3) is 0 Å². The first-order chi connectivity index (χ1) is 11.1. The van der Waals surface area contributed by atoms with Crippen molar-refractivity contribution in [2.75, 3.05) is 19.0 Å². The summed E-state index contributed by atoms with van der Waals surface area (Å²) in [6.45, 7) is 5.30. The first-order valence-corrected chi connectivity index (χ1v) is 8.39. The zero-order valence-corrected chi connectivity index (χ0v) is 14.5. The Labute approximate surface area is 140 Å². The number of carbonyl (C=O) groups is 1. The number of thioether (sulfide) groups is 1. The second-order valence-corrected chi connectivity index (χ2v) is 6.53. The number of para-hydroxylation sites is 1. The molecule has 1 aromatic heterocycles. The highest BCUT2D eigenvalue weighted by atomic mass is 32.2. The summed E-state index contributed by atoms with van der Waals surface area (Å²) in [4.78, 5) is 12.4. The van der Waals surface area contributed by atoms with E-state index in [0.717, 1.165) is 29.4 Å². The van der Waals surface area contributed by atoms with Gasteiger partial charge in [-0.05, 0) is 31.9 Å². The Balaban J connectivity index is 1.94. The lowest BCUT2D eigenvalue weighted by Gasteiger charge is -2.13. The van der Waals surface area contributed by atoms with Gasteiger partial charge in [0, 0.05) is 25.9 Å². The summed E-state index contributed by atoms with van der Waals surface area (Å²) in [5, 5.41) is 11.5. The van der Waals surface area contributed by atoms with E-state index in [2.05, 4.69) is 15.5 Å². The van der Waals surface area contributed by atoms with Gasteiger partial charge in [-0.2, -0.15) is 0 Å². The van der Waals surface area contributed by atoms with Crippen LogP contribution in [0, 0.1) is 6.92 Å². The van der Waals surface area contributed by atoms with Gasteiger partial charge in [0.2, 0.25) is 5.91 Å². The second kappa shape index (κ2) is 8.69. The van der Waals surface area contributed by atoms with Gasteiger partial charge in [-0.25, -0.2) is 0 Å². The zero-order chi connectivity index (χ0) is 16.7.